The number of nitrogens with zero attached hydrogens (tertiary/aromatic N) is 1. The summed E-state index contributed by atoms with van der Waals surface area (Å²) < 4.78 is 0.782. The molecule has 0 saturated heterocycles. The van der Waals surface area contributed by atoms with Gasteiger partial charge in [-0.15, -0.1) is 11.3 Å². The summed E-state index contributed by atoms with van der Waals surface area (Å²) in [6, 6.07) is 0.0695. The Hall–Kier alpha value is -0.420. The Balaban J connectivity index is 2.58. The van der Waals surface area contributed by atoms with Crippen LogP contribution in [0.15, 0.2) is 3.92 Å². The van der Waals surface area contributed by atoms with Crippen LogP contribution < -0.4 is 5.32 Å². The fourth-order valence-electron chi connectivity index (χ4n) is 1.09. The van der Waals surface area contributed by atoms with Gasteiger partial charge in [-0.3, -0.25) is 4.79 Å². The lowest BCUT2D eigenvalue weighted by Crippen LogP contribution is -2.16. The van der Waals surface area contributed by atoms with E-state index in [1.807, 2.05) is 6.92 Å². The second-order valence-electron chi connectivity index (χ2n) is 2.38. The van der Waals surface area contributed by atoms with Gasteiger partial charge in [0.15, 0.2) is 3.92 Å². The fraction of sp³-hybridized carbons (Fsp3) is 0.333. The fourth-order valence-corrected chi connectivity index (χ4v) is 2.56. The van der Waals surface area contributed by atoms with E-state index in [0.717, 1.165) is 14.5 Å². The topological polar surface area (TPSA) is 42.0 Å². The van der Waals surface area contributed by atoms with E-state index < -0.39 is 0 Å². The highest BCUT2D eigenvalue weighted by molar-refractivity contribution is 9.11. The molecule has 1 aliphatic heterocycles. The molecule has 0 radical (unpaired) electrons. The Kier molecular flexibility index (Phi) is 1.50. The van der Waals surface area contributed by atoms with Crippen molar-refractivity contribution in [2.24, 2.45) is 0 Å². The van der Waals surface area contributed by atoms with Crippen molar-refractivity contribution in [2.45, 2.75) is 13.0 Å². The minimum atomic E-state index is -0.00398. The molecule has 0 fully saturated rings. The zero-order chi connectivity index (χ0) is 8.01. The second kappa shape index (κ2) is 2.28. The molecule has 0 aliphatic carbocycles. The zero-order valence-electron chi connectivity index (χ0n) is 5.72. The van der Waals surface area contributed by atoms with Crippen molar-refractivity contribution < 1.29 is 4.79 Å². The molecule has 1 aromatic heterocycles. The molecule has 11 heavy (non-hydrogen) atoms. The summed E-state index contributed by atoms with van der Waals surface area (Å²) in [5.41, 5.74) is 0.867. The van der Waals surface area contributed by atoms with E-state index >= 15 is 0 Å². The standard InChI is InChI=1S/C6H5BrN2OS/c1-2-3-4(5(10)8-2)11-6(7)9-3/h2H,1H3,(H,8,10). The second-order valence-corrected chi connectivity index (χ2v) is 4.65. The summed E-state index contributed by atoms with van der Waals surface area (Å²) in [7, 11) is 0. The van der Waals surface area contributed by atoms with Gasteiger partial charge < -0.3 is 5.32 Å². The lowest BCUT2D eigenvalue weighted by molar-refractivity contribution is 0.0961. The highest BCUT2D eigenvalue weighted by Crippen LogP contribution is 2.31. The first-order valence-corrected chi connectivity index (χ1v) is 4.76. The van der Waals surface area contributed by atoms with Gasteiger partial charge in [0.05, 0.1) is 11.7 Å². The summed E-state index contributed by atoms with van der Waals surface area (Å²) in [5.74, 6) is -0.00398. The molecule has 3 nitrogen and oxygen atoms in total. The van der Waals surface area contributed by atoms with Gasteiger partial charge in [0.1, 0.15) is 4.88 Å². The van der Waals surface area contributed by atoms with Crippen LogP contribution in [0, 0.1) is 0 Å². The summed E-state index contributed by atoms with van der Waals surface area (Å²) in [6.45, 7) is 1.93. The maximum atomic E-state index is 11.1. The van der Waals surface area contributed by atoms with E-state index in [-0.39, 0.29) is 11.9 Å². The first-order chi connectivity index (χ1) is 5.18. The molecule has 1 unspecified atom stereocenters. The molecule has 0 bridgehead atoms. The van der Waals surface area contributed by atoms with Crippen LogP contribution in [-0.2, 0) is 0 Å². The molecule has 2 heterocycles. The molecule has 1 aromatic rings. The lowest BCUT2D eigenvalue weighted by atomic mass is 10.3. The first kappa shape index (κ1) is 7.24. The molecule has 1 atom stereocenters. The maximum Gasteiger partial charge on any atom is 0.263 e. The van der Waals surface area contributed by atoms with Crippen LogP contribution in [0.25, 0.3) is 0 Å². The highest BCUT2D eigenvalue weighted by Gasteiger charge is 2.29. The number of carbonyl (C=O) groups excluding carboxylic acids is 1. The number of carbonyl (C=O) groups is 1. The molecule has 0 saturated carbocycles. The summed E-state index contributed by atoms with van der Waals surface area (Å²) in [4.78, 5) is 16.0. The van der Waals surface area contributed by atoms with E-state index in [1.54, 1.807) is 0 Å². The molecule has 0 spiro atoms. The third-order valence-corrected chi connectivity index (χ3v) is 3.11. The van der Waals surface area contributed by atoms with Gasteiger partial charge in [0.25, 0.3) is 5.91 Å². The van der Waals surface area contributed by atoms with E-state index in [0.29, 0.717) is 0 Å². The third kappa shape index (κ3) is 0.990. The first-order valence-electron chi connectivity index (χ1n) is 3.15. The van der Waals surface area contributed by atoms with Crippen molar-refractivity contribution in [2.75, 3.05) is 0 Å². The minimum Gasteiger partial charge on any atom is -0.343 e. The summed E-state index contributed by atoms with van der Waals surface area (Å²) >= 11 is 4.62. The minimum absolute atomic E-state index is 0.00398. The predicted octanol–water partition coefficient (Wildman–Crippen LogP) is 1.71. The van der Waals surface area contributed by atoms with Gasteiger partial charge in [0, 0.05) is 0 Å². The Morgan fingerprint density at radius 1 is 1.73 bits per heavy atom. The molecular formula is C6H5BrN2OS. The largest absolute Gasteiger partial charge is 0.343 e. The highest BCUT2D eigenvalue weighted by atomic mass is 79.9. The van der Waals surface area contributed by atoms with Crippen molar-refractivity contribution in [1.29, 1.82) is 0 Å². The van der Waals surface area contributed by atoms with Gasteiger partial charge in [-0.05, 0) is 22.9 Å². The average molecular weight is 233 g/mol. The molecule has 1 N–H and O–H groups in total. The van der Waals surface area contributed by atoms with Gasteiger partial charge in [0.2, 0.25) is 0 Å². The van der Waals surface area contributed by atoms with Crippen molar-refractivity contribution in [1.82, 2.24) is 10.3 Å². The molecule has 5 heteroatoms. The molecular weight excluding hydrogens is 228 g/mol. The number of nitrogens with one attached hydrogen (secondary N) is 1. The summed E-state index contributed by atoms with van der Waals surface area (Å²) in [5, 5.41) is 2.78. The SMILES string of the molecule is CC1NC(=O)c2sc(Br)nc21. The number of fused-ring (bicyclic) bond motifs is 1. The van der Waals surface area contributed by atoms with Crippen LogP contribution in [0.2, 0.25) is 0 Å². The number of amides is 1. The molecule has 0 aromatic carbocycles. The van der Waals surface area contributed by atoms with E-state index in [1.165, 1.54) is 11.3 Å². The Morgan fingerprint density at radius 3 is 3.09 bits per heavy atom. The Labute approximate surface area is 76.0 Å². The van der Waals surface area contributed by atoms with Crippen LogP contribution in [0.1, 0.15) is 28.3 Å². The third-order valence-electron chi connectivity index (χ3n) is 1.59. The van der Waals surface area contributed by atoms with Crippen LogP contribution in [-0.4, -0.2) is 10.9 Å². The summed E-state index contributed by atoms with van der Waals surface area (Å²) in [6.07, 6.45) is 0. The van der Waals surface area contributed by atoms with Crippen LogP contribution in [0.5, 0.6) is 0 Å². The Morgan fingerprint density at radius 2 is 2.45 bits per heavy atom. The van der Waals surface area contributed by atoms with E-state index in [4.69, 9.17) is 0 Å². The van der Waals surface area contributed by atoms with Crippen molar-refractivity contribution in [3.05, 3.63) is 14.5 Å². The number of rotatable bonds is 0. The van der Waals surface area contributed by atoms with Gasteiger partial charge >= 0.3 is 0 Å². The predicted molar refractivity (Wildman–Crippen MR) is 45.7 cm³/mol. The normalized spacial score (nSPS) is 21.6. The quantitative estimate of drug-likeness (QED) is 0.741. The number of halogens is 1. The average Bonchev–Trinajstić information content (AvgIpc) is 2.38. The molecule has 58 valence electrons. The number of aromatic nitrogens is 1. The lowest BCUT2D eigenvalue weighted by Gasteiger charge is -1.98. The zero-order valence-corrected chi connectivity index (χ0v) is 8.12. The van der Waals surface area contributed by atoms with Crippen LogP contribution in [0.4, 0.5) is 0 Å². The monoisotopic (exact) mass is 232 g/mol. The molecule has 1 amide bonds. The van der Waals surface area contributed by atoms with Crippen molar-refractivity contribution in [3.63, 3.8) is 0 Å². The van der Waals surface area contributed by atoms with E-state index in [9.17, 15) is 4.79 Å². The van der Waals surface area contributed by atoms with Gasteiger partial charge in [-0.1, -0.05) is 0 Å². The Bertz CT molecular complexity index is 322. The van der Waals surface area contributed by atoms with Crippen molar-refractivity contribution in [3.8, 4) is 0 Å². The number of hydrogen-bond donors (Lipinski definition) is 1. The van der Waals surface area contributed by atoms with Crippen LogP contribution in [0.3, 0.4) is 0 Å². The van der Waals surface area contributed by atoms with Crippen LogP contribution >= 0.6 is 27.3 Å². The molecule has 2 rings (SSSR count). The molecule has 1 aliphatic rings. The van der Waals surface area contributed by atoms with Crippen molar-refractivity contribution >= 4 is 33.2 Å². The smallest absolute Gasteiger partial charge is 0.263 e. The maximum absolute atomic E-state index is 11.1. The number of hydrogen-bond acceptors (Lipinski definition) is 3. The van der Waals surface area contributed by atoms with Gasteiger partial charge in [-0.2, -0.15) is 0 Å². The van der Waals surface area contributed by atoms with E-state index in [2.05, 4.69) is 26.2 Å². The van der Waals surface area contributed by atoms with Gasteiger partial charge in [-0.25, -0.2) is 4.98 Å². The number of thiazole rings is 1.